The third-order valence-corrected chi connectivity index (χ3v) is 5.52. The summed E-state index contributed by atoms with van der Waals surface area (Å²) in [6.45, 7) is 5.93. The minimum atomic E-state index is 0.481. The monoisotopic (exact) mass is 283 g/mol. The van der Waals surface area contributed by atoms with Crippen molar-refractivity contribution < 1.29 is 3.89 Å². The van der Waals surface area contributed by atoms with Crippen molar-refractivity contribution in [2.24, 2.45) is 0 Å². The predicted molar refractivity (Wildman–Crippen MR) is 81.6 cm³/mol. The van der Waals surface area contributed by atoms with Gasteiger partial charge in [-0.05, 0) is 38.2 Å². The summed E-state index contributed by atoms with van der Waals surface area (Å²) in [6, 6.07) is 8.11. The molecule has 0 N–H and O–H groups in total. The lowest BCUT2D eigenvalue weighted by Crippen LogP contribution is -2.43. The largest absolute Gasteiger partial charge is 0.246 e. The molecule has 0 aliphatic carbocycles. The average Bonchev–Trinajstić information content (AvgIpc) is 2.80. The van der Waals surface area contributed by atoms with Crippen LogP contribution in [-0.2, 0) is 0 Å². The van der Waals surface area contributed by atoms with Crippen LogP contribution in [-0.4, -0.2) is 27.0 Å². The molecule has 0 spiro atoms. The van der Waals surface area contributed by atoms with Crippen LogP contribution in [0.2, 0.25) is 0 Å². The van der Waals surface area contributed by atoms with Crippen molar-refractivity contribution in [3.63, 3.8) is 0 Å². The maximum Gasteiger partial charge on any atom is 0.246 e. The zero-order valence-corrected chi connectivity index (χ0v) is 12.4. The minimum Gasteiger partial charge on any atom is -0.230 e. The smallest absolute Gasteiger partial charge is 0.230 e. The van der Waals surface area contributed by atoms with Crippen LogP contribution in [0.4, 0.5) is 0 Å². The first kappa shape index (κ1) is 13.0. The molecule has 0 bridgehead atoms. The van der Waals surface area contributed by atoms with E-state index in [0.717, 1.165) is 28.6 Å². The van der Waals surface area contributed by atoms with Gasteiger partial charge in [-0.3, -0.25) is 0 Å². The van der Waals surface area contributed by atoms with Gasteiger partial charge in [-0.25, -0.2) is 8.87 Å². The number of thiazole rings is 1. The van der Waals surface area contributed by atoms with Gasteiger partial charge < -0.3 is 0 Å². The first-order valence-corrected chi connectivity index (χ1v) is 7.23. The van der Waals surface area contributed by atoms with E-state index in [-0.39, 0.29) is 0 Å². The Kier molecular flexibility index (Phi) is 3.82. The van der Waals surface area contributed by atoms with Gasteiger partial charge in [0.05, 0.1) is 36.1 Å². The van der Waals surface area contributed by atoms with Crippen LogP contribution in [0.15, 0.2) is 24.3 Å². The highest BCUT2D eigenvalue weighted by atomic mass is 32.1. The zero-order chi connectivity index (χ0) is 12.5. The molecule has 0 aliphatic heterocycles. The molecule has 1 heterocycles. The van der Waals surface area contributed by atoms with Crippen LogP contribution in [0.25, 0.3) is 10.2 Å². The summed E-state index contributed by atoms with van der Waals surface area (Å²) in [5.74, 6) is 0. The zero-order valence-electron chi connectivity index (χ0n) is 9.88. The summed E-state index contributed by atoms with van der Waals surface area (Å²) >= 11 is 11.9. The number of quaternary nitrogens is 1. The van der Waals surface area contributed by atoms with Crippen molar-refractivity contribution in [2.45, 2.75) is 13.8 Å². The molecule has 0 amide bonds. The Labute approximate surface area is 116 Å². The maximum atomic E-state index is 5.54. The van der Waals surface area contributed by atoms with Crippen molar-refractivity contribution >= 4 is 51.6 Å². The molecule has 0 atom stereocenters. The summed E-state index contributed by atoms with van der Waals surface area (Å²) in [5.41, 5.74) is 1.02. The predicted octanol–water partition coefficient (Wildman–Crippen LogP) is 3.67. The Hall–Kier alpha value is -0.490. The number of hydrogen-bond acceptors (Lipinski definition) is 4. The molecule has 0 fully saturated rings. The molecule has 0 aliphatic rings. The average molecular weight is 283 g/mol. The number of hydrogen-bond donors (Lipinski definition) is 1. The first-order valence-electron chi connectivity index (χ1n) is 5.61. The molecule has 5 heteroatoms. The van der Waals surface area contributed by atoms with Crippen LogP contribution in [0.1, 0.15) is 18.9 Å². The third kappa shape index (κ3) is 2.38. The summed E-state index contributed by atoms with van der Waals surface area (Å²) in [5, 5.41) is 0.917. The molecule has 2 rings (SSSR count). The molecule has 0 radical (unpaired) electrons. The van der Waals surface area contributed by atoms with Crippen molar-refractivity contribution in [3.8, 4) is 0 Å². The quantitative estimate of drug-likeness (QED) is 0.524. The highest BCUT2D eigenvalue weighted by Gasteiger charge is 2.29. The normalized spacial score (nSPS) is 11.9. The Morgan fingerprint density at radius 1 is 1.35 bits per heavy atom. The molecule has 1 aromatic carbocycles. The van der Waals surface area contributed by atoms with E-state index >= 15 is 0 Å². The van der Waals surface area contributed by atoms with Crippen LogP contribution in [0.3, 0.4) is 0 Å². The van der Waals surface area contributed by atoms with E-state index in [0.29, 0.717) is 3.89 Å². The van der Waals surface area contributed by atoms with Crippen LogP contribution < -0.4 is 0 Å². The maximum absolute atomic E-state index is 5.54. The molecule has 2 nitrogen and oxygen atoms in total. The van der Waals surface area contributed by atoms with E-state index in [2.05, 4.69) is 37.7 Å². The SMILES string of the molecule is CC[N+](S)(CC)C(=S)c1nc2ccccc2s1. The molecule has 0 saturated carbocycles. The Balaban J connectivity index is 2.43. The van der Waals surface area contributed by atoms with E-state index < -0.39 is 0 Å². The van der Waals surface area contributed by atoms with Crippen molar-refractivity contribution in [2.75, 3.05) is 13.1 Å². The first-order chi connectivity index (χ1) is 8.10. The Bertz CT molecular complexity index is 510. The van der Waals surface area contributed by atoms with Gasteiger partial charge in [0, 0.05) is 0 Å². The van der Waals surface area contributed by atoms with Gasteiger partial charge in [-0.2, -0.15) is 0 Å². The van der Waals surface area contributed by atoms with Crippen molar-refractivity contribution in [1.29, 1.82) is 0 Å². The van der Waals surface area contributed by atoms with Crippen LogP contribution in [0, 0.1) is 0 Å². The summed E-state index contributed by atoms with van der Waals surface area (Å²) < 4.78 is 1.66. The minimum absolute atomic E-state index is 0.481. The fraction of sp³-hybridized carbons (Fsp3) is 0.333. The van der Waals surface area contributed by atoms with Crippen molar-refractivity contribution in [1.82, 2.24) is 4.98 Å². The molecule has 1 aromatic heterocycles. The fourth-order valence-electron chi connectivity index (χ4n) is 1.65. The van der Waals surface area contributed by atoms with E-state index in [1.165, 1.54) is 4.70 Å². The molecule has 0 saturated heterocycles. The Morgan fingerprint density at radius 3 is 2.59 bits per heavy atom. The number of aromatic nitrogens is 1. The highest BCUT2D eigenvalue weighted by Crippen LogP contribution is 2.26. The number of para-hydroxylation sites is 1. The number of benzene rings is 1. The molecule has 0 unspecified atom stereocenters. The topological polar surface area (TPSA) is 12.9 Å². The number of thiocarbonyl (C=S) groups is 1. The molecule has 90 valence electrons. The van der Waals surface area contributed by atoms with Crippen LogP contribution in [0.5, 0.6) is 0 Å². The van der Waals surface area contributed by atoms with Gasteiger partial charge >= 0.3 is 0 Å². The van der Waals surface area contributed by atoms with E-state index in [4.69, 9.17) is 12.2 Å². The van der Waals surface area contributed by atoms with Gasteiger partial charge in [-0.1, -0.05) is 12.1 Å². The lowest BCUT2D eigenvalue weighted by molar-refractivity contribution is -0.686. The van der Waals surface area contributed by atoms with Crippen molar-refractivity contribution in [3.05, 3.63) is 29.3 Å². The molecular formula is C12H15N2S3+. The van der Waals surface area contributed by atoms with Gasteiger partial charge in [-0.15, -0.1) is 11.3 Å². The van der Waals surface area contributed by atoms with Gasteiger partial charge in [0.25, 0.3) is 0 Å². The third-order valence-electron chi connectivity index (χ3n) is 2.90. The Morgan fingerprint density at radius 2 is 2.00 bits per heavy atom. The second-order valence-corrected chi connectivity index (χ2v) is 6.03. The summed E-state index contributed by atoms with van der Waals surface area (Å²) in [7, 11) is 0. The van der Waals surface area contributed by atoms with E-state index in [9.17, 15) is 0 Å². The highest BCUT2D eigenvalue weighted by molar-refractivity contribution is 7.82. The molecular weight excluding hydrogens is 268 g/mol. The second-order valence-electron chi connectivity index (χ2n) is 3.85. The fourth-order valence-corrected chi connectivity index (χ4v) is 3.22. The lowest BCUT2D eigenvalue weighted by atomic mass is 10.3. The van der Waals surface area contributed by atoms with Crippen LogP contribution >= 0.6 is 36.4 Å². The number of thiol groups is 1. The number of rotatable bonds is 3. The number of nitrogens with zero attached hydrogens (tertiary/aromatic N) is 2. The molecule has 17 heavy (non-hydrogen) atoms. The standard InChI is InChI=1S/C12H15N2S3/c1-3-14(16,4-2)12(15)11-13-9-7-5-6-8-10(9)17-11/h5-8,16H,3-4H2,1-2H3/q+1. The van der Waals surface area contributed by atoms with E-state index in [1.54, 1.807) is 11.3 Å². The lowest BCUT2D eigenvalue weighted by Gasteiger charge is -2.27. The summed E-state index contributed by atoms with van der Waals surface area (Å²) in [4.78, 5) is 5.41. The van der Waals surface area contributed by atoms with Gasteiger partial charge in [0.1, 0.15) is 0 Å². The molecule has 2 aromatic rings. The summed E-state index contributed by atoms with van der Waals surface area (Å²) in [6.07, 6.45) is 0. The van der Waals surface area contributed by atoms with Gasteiger partial charge in [0.2, 0.25) is 4.99 Å². The second kappa shape index (κ2) is 5.02. The van der Waals surface area contributed by atoms with Gasteiger partial charge in [0.15, 0.2) is 5.01 Å². The number of fused-ring (bicyclic) bond motifs is 1. The van der Waals surface area contributed by atoms with E-state index in [1.807, 2.05) is 18.2 Å².